The average Bonchev–Trinajstić information content (AvgIpc) is 2.82. The van der Waals surface area contributed by atoms with E-state index in [-0.39, 0.29) is 0 Å². The summed E-state index contributed by atoms with van der Waals surface area (Å²) in [6.07, 6.45) is 3.45. The predicted molar refractivity (Wildman–Crippen MR) is 61.6 cm³/mol. The van der Waals surface area contributed by atoms with Crippen LogP contribution in [-0.4, -0.2) is 7.05 Å². The number of hydrogen-bond acceptors (Lipinski definition) is 2. The molecular formula is C13H15NO. The molecule has 0 aliphatic carbocycles. The van der Waals surface area contributed by atoms with Crippen LogP contribution in [0.15, 0.2) is 47.3 Å². The number of hydrogen-bond donors (Lipinski definition) is 1. The van der Waals surface area contributed by atoms with E-state index in [1.807, 2.05) is 13.1 Å². The smallest absolute Gasteiger partial charge is 0.0980 e. The quantitative estimate of drug-likeness (QED) is 0.824. The molecule has 0 aliphatic rings. The third-order valence-corrected chi connectivity index (χ3v) is 2.70. The molecule has 0 fully saturated rings. The highest BCUT2D eigenvalue weighted by Gasteiger charge is 2.03. The summed E-state index contributed by atoms with van der Waals surface area (Å²) in [5, 5.41) is 3.22. The zero-order valence-electron chi connectivity index (χ0n) is 9.03. The third kappa shape index (κ3) is 2.10. The Morgan fingerprint density at radius 2 is 1.80 bits per heavy atom. The molecule has 0 bridgehead atoms. The molecule has 1 heterocycles. The Balaban J connectivity index is 2.25. The minimum atomic E-state index is 0.392. The Kier molecular flexibility index (Phi) is 2.88. The molecule has 1 aromatic carbocycles. The van der Waals surface area contributed by atoms with Crippen molar-refractivity contribution >= 4 is 0 Å². The summed E-state index contributed by atoms with van der Waals surface area (Å²) >= 11 is 0. The van der Waals surface area contributed by atoms with E-state index < -0.39 is 0 Å². The highest BCUT2D eigenvalue weighted by Crippen LogP contribution is 2.21. The molecule has 0 amide bonds. The van der Waals surface area contributed by atoms with Crippen molar-refractivity contribution in [3.63, 3.8) is 0 Å². The molecule has 2 aromatic rings. The van der Waals surface area contributed by atoms with Crippen molar-refractivity contribution in [3.8, 4) is 11.1 Å². The SMILES string of the molecule is CNC(C)c1ccc(-c2ccoc2)cc1. The first-order valence-electron chi connectivity index (χ1n) is 5.11. The van der Waals surface area contributed by atoms with Crippen LogP contribution in [0.1, 0.15) is 18.5 Å². The van der Waals surface area contributed by atoms with Crippen molar-refractivity contribution in [1.29, 1.82) is 0 Å². The second-order valence-corrected chi connectivity index (χ2v) is 3.64. The highest BCUT2D eigenvalue weighted by atomic mass is 16.3. The van der Waals surface area contributed by atoms with Crippen LogP contribution >= 0.6 is 0 Å². The van der Waals surface area contributed by atoms with E-state index in [0.29, 0.717) is 6.04 Å². The van der Waals surface area contributed by atoms with Gasteiger partial charge >= 0.3 is 0 Å². The summed E-state index contributed by atoms with van der Waals surface area (Å²) in [6.45, 7) is 2.15. The second-order valence-electron chi connectivity index (χ2n) is 3.64. The van der Waals surface area contributed by atoms with Crippen LogP contribution in [-0.2, 0) is 0 Å². The van der Waals surface area contributed by atoms with E-state index in [1.54, 1.807) is 12.5 Å². The molecular weight excluding hydrogens is 186 g/mol. The topological polar surface area (TPSA) is 25.2 Å². The van der Waals surface area contributed by atoms with E-state index in [4.69, 9.17) is 4.42 Å². The van der Waals surface area contributed by atoms with E-state index in [9.17, 15) is 0 Å². The van der Waals surface area contributed by atoms with E-state index in [0.717, 1.165) is 5.56 Å². The first kappa shape index (κ1) is 9.99. The highest BCUT2D eigenvalue weighted by molar-refractivity contribution is 5.62. The van der Waals surface area contributed by atoms with Gasteiger partial charge in [-0.25, -0.2) is 0 Å². The molecule has 1 unspecified atom stereocenters. The minimum absolute atomic E-state index is 0.392. The van der Waals surface area contributed by atoms with Gasteiger partial charge in [0.1, 0.15) is 0 Å². The van der Waals surface area contributed by atoms with Crippen LogP contribution in [0.2, 0.25) is 0 Å². The first-order valence-corrected chi connectivity index (χ1v) is 5.11. The Hall–Kier alpha value is -1.54. The third-order valence-electron chi connectivity index (χ3n) is 2.70. The van der Waals surface area contributed by atoms with Gasteiger partial charge in [-0.15, -0.1) is 0 Å². The van der Waals surface area contributed by atoms with Crippen molar-refractivity contribution < 1.29 is 4.42 Å². The van der Waals surface area contributed by atoms with Crippen LogP contribution in [0.25, 0.3) is 11.1 Å². The Morgan fingerprint density at radius 3 is 2.33 bits per heavy atom. The van der Waals surface area contributed by atoms with Gasteiger partial charge in [0.2, 0.25) is 0 Å². The maximum absolute atomic E-state index is 5.06. The Bertz CT molecular complexity index is 403. The summed E-state index contributed by atoms with van der Waals surface area (Å²) in [5.74, 6) is 0. The second kappa shape index (κ2) is 4.32. The molecule has 0 aliphatic heterocycles. The molecule has 2 heteroatoms. The lowest BCUT2D eigenvalue weighted by Crippen LogP contribution is -2.11. The number of nitrogens with one attached hydrogen (secondary N) is 1. The Morgan fingerprint density at radius 1 is 1.07 bits per heavy atom. The van der Waals surface area contributed by atoms with Gasteiger partial charge in [0.15, 0.2) is 0 Å². The molecule has 0 radical (unpaired) electrons. The summed E-state index contributed by atoms with van der Waals surface area (Å²) in [6, 6.07) is 10.9. The molecule has 0 saturated carbocycles. The van der Waals surface area contributed by atoms with Crippen molar-refractivity contribution in [1.82, 2.24) is 5.32 Å². The van der Waals surface area contributed by atoms with Crippen molar-refractivity contribution in [3.05, 3.63) is 48.4 Å². The van der Waals surface area contributed by atoms with Crippen molar-refractivity contribution in [2.24, 2.45) is 0 Å². The molecule has 0 spiro atoms. The van der Waals surface area contributed by atoms with Crippen LogP contribution in [0.4, 0.5) is 0 Å². The van der Waals surface area contributed by atoms with E-state index in [1.165, 1.54) is 11.1 Å². The normalized spacial score (nSPS) is 12.7. The van der Waals surface area contributed by atoms with E-state index >= 15 is 0 Å². The summed E-state index contributed by atoms with van der Waals surface area (Å²) < 4.78 is 5.06. The fourth-order valence-corrected chi connectivity index (χ4v) is 1.56. The van der Waals surface area contributed by atoms with Crippen LogP contribution in [0.3, 0.4) is 0 Å². The van der Waals surface area contributed by atoms with Gasteiger partial charge < -0.3 is 9.73 Å². The zero-order valence-corrected chi connectivity index (χ0v) is 9.03. The van der Waals surface area contributed by atoms with Crippen molar-refractivity contribution in [2.45, 2.75) is 13.0 Å². The predicted octanol–water partition coefficient (Wildman–Crippen LogP) is 3.23. The summed E-state index contributed by atoms with van der Waals surface area (Å²) in [4.78, 5) is 0. The molecule has 15 heavy (non-hydrogen) atoms. The fourth-order valence-electron chi connectivity index (χ4n) is 1.56. The van der Waals surface area contributed by atoms with Crippen LogP contribution in [0.5, 0.6) is 0 Å². The number of rotatable bonds is 3. The lowest BCUT2D eigenvalue weighted by molar-refractivity contribution is 0.568. The van der Waals surface area contributed by atoms with Gasteiger partial charge in [0, 0.05) is 11.6 Å². The molecule has 1 atom stereocenters. The summed E-state index contributed by atoms with van der Waals surface area (Å²) in [5.41, 5.74) is 3.61. The lowest BCUT2D eigenvalue weighted by atomic mass is 10.0. The molecule has 0 saturated heterocycles. The molecule has 1 N–H and O–H groups in total. The van der Waals surface area contributed by atoms with Gasteiger partial charge in [-0.1, -0.05) is 24.3 Å². The average molecular weight is 201 g/mol. The number of benzene rings is 1. The molecule has 1 aromatic heterocycles. The van der Waals surface area contributed by atoms with Crippen LogP contribution < -0.4 is 5.32 Å². The molecule has 2 rings (SSSR count). The number of furan rings is 1. The van der Waals surface area contributed by atoms with Crippen LogP contribution in [0, 0.1) is 0 Å². The zero-order chi connectivity index (χ0) is 10.7. The molecule has 78 valence electrons. The molecule has 2 nitrogen and oxygen atoms in total. The Labute approximate surface area is 89.9 Å². The van der Waals surface area contributed by atoms with Gasteiger partial charge in [0.05, 0.1) is 12.5 Å². The van der Waals surface area contributed by atoms with E-state index in [2.05, 4.69) is 36.5 Å². The van der Waals surface area contributed by atoms with Gasteiger partial charge in [-0.05, 0) is 31.2 Å². The van der Waals surface area contributed by atoms with Gasteiger partial charge in [-0.2, -0.15) is 0 Å². The summed E-state index contributed by atoms with van der Waals surface area (Å²) in [7, 11) is 1.97. The maximum atomic E-state index is 5.06. The fraction of sp³-hybridized carbons (Fsp3) is 0.231. The standard InChI is InChI=1S/C13H15NO/c1-10(14-2)11-3-5-12(6-4-11)13-7-8-15-9-13/h3-10,14H,1-2H3. The maximum Gasteiger partial charge on any atom is 0.0980 e. The minimum Gasteiger partial charge on any atom is -0.472 e. The first-order chi connectivity index (χ1) is 7.31. The largest absolute Gasteiger partial charge is 0.472 e. The van der Waals surface area contributed by atoms with Crippen molar-refractivity contribution in [2.75, 3.05) is 7.05 Å². The monoisotopic (exact) mass is 201 g/mol. The van der Waals surface area contributed by atoms with Gasteiger partial charge in [0.25, 0.3) is 0 Å². The van der Waals surface area contributed by atoms with Gasteiger partial charge in [-0.3, -0.25) is 0 Å². The lowest BCUT2D eigenvalue weighted by Gasteiger charge is -2.10.